The average molecular weight is 452 g/mol. The zero-order valence-corrected chi connectivity index (χ0v) is 17.1. The Hall–Kier alpha value is -2.65. The first kappa shape index (κ1) is 21.1. The van der Waals surface area contributed by atoms with E-state index < -0.39 is 21.5 Å². The van der Waals surface area contributed by atoms with Gasteiger partial charge in [-0.25, -0.2) is 13.6 Å². The van der Waals surface area contributed by atoms with Gasteiger partial charge in [0.15, 0.2) is 0 Å². The molecule has 0 aliphatic heterocycles. The molecule has 0 saturated carbocycles. The fourth-order valence-corrected chi connectivity index (χ4v) is 3.79. The van der Waals surface area contributed by atoms with E-state index in [9.17, 15) is 18.0 Å². The lowest BCUT2D eigenvalue weighted by atomic mass is 10.1. The number of nitrogens with zero attached hydrogens (tertiary/aromatic N) is 1. The number of hydrogen-bond donors (Lipinski definition) is 2. The summed E-state index contributed by atoms with van der Waals surface area (Å²) in [5.41, 5.74) is 0.343. The van der Waals surface area contributed by atoms with Crippen molar-refractivity contribution in [1.29, 1.82) is 0 Å². The second-order valence-electron chi connectivity index (χ2n) is 6.10. The van der Waals surface area contributed by atoms with Crippen molar-refractivity contribution in [1.82, 2.24) is 4.57 Å². The molecule has 0 bridgehead atoms. The van der Waals surface area contributed by atoms with Crippen LogP contribution >= 0.6 is 23.2 Å². The average Bonchev–Trinajstić information content (AvgIpc) is 2.63. The molecule has 0 radical (unpaired) electrons. The van der Waals surface area contributed by atoms with E-state index in [0.717, 1.165) is 10.6 Å². The van der Waals surface area contributed by atoms with E-state index in [4.69, 9.17) is 28.3 Å². The first-order valence-corrected chi connectivity index (χ1v) is 10.5. The highest BCUT2D eigenvalue weighted by molar-refractivity contribution is 7.89. The zero-order valence-electron chi connectivity index (χ0n) is 14.8. The number of hydrogen-bond acceptors (Lipinski definition) is 4. The summed E-state index contributed by atoms with van der Waals surface area (Å²) in [5, 5.41) is 8.59. The van der Waals surface area contributed by atoms with Gasteiger partial charge in [-0.05, 0) is 35.9 Å². The third-order valence-corrected chi connectivity index (χ3v) is 5.54. The fourth-order valence-electron chi connectivity index (χ4n) is 2.69. The van der Waals surface area contributed by atoms with Crippen LogP contribution in [-0.4, -0.2) is 18.9 Å². The lowest BCUT2D eigenvalue weighted by Gasteiger charge is -2.13. The molecule has 2 aromatic carbocycles. The molecule has 0 aliphatic rings. The van der Waals surface area contributed by atoms with E-state index in [1.54, 1.807) is 24.3 Å². The number of primary sulfonamides is 1. The number of pyridine rings is 1. The monoisotopic (exact) mass is 451 g/mol. The third kappa shape index (κ3) is 5.04. The van der Waals surface area contributed by atoms with E-state index in [2.05, 4.69) is 5.32 Å². The topological polar surface area (TPSA) is 111 Å². The van der Waals surface area contributed by atoms with Crippen molar-refractivity contribution in [3.05, 3.63) is 86.8 Å². The molecule has 3 rings (SSSR count). The lowest BCUT2D eigenvalue weighted by molar-refractivity contribution is -0.115. The van der Waals surface area contributed by atoms with Crippen molar-refractivity contribution < 1.29 is 13.2 Å². The summed E-state index contributed by atoms with van der Waals surface area (Å²) < 4.78 is 25.3. The maximum absolute atomic E-state index is 12.3. The van der Waals surface area contributed by atoms with Crippen LogP contribution in [0.4, 0.5) is 5.69 Å². The van der Waals surface area contributed by atoms with Crippen LogP contribution in [0.1, 0.15) is 5.56 Å². The summed E-state index contributed by atoms with van der Waals surface area (Å²) in [6, 6.07) is 13.5. The van der Waals surface area contributed by atoms with Gasteiger partial charge in [-0.1, -0.05) is 41.4 Å². The summed E-state index contributed by atoms with van der Waals surface area (Å²) in [6.45, 7) is 0. The maximum Gasteiger partial charge on any atom is 0.256 e. The number of carbonyl (C=O) groups excluding carboxylic acids is 1. The Bertz CT molecular complexity index is 1260. The molecule has 7 nitrogen and oxygen atoms in total. The molecule has 29 heavy (non-hydrogen) atoms. The molecule has 0 unspecified atom stereocenters. The maximum atomic E-state index is 12.3. The van der Waals surface area contributed by atoms with E-state index in [1.807, 2.05) is 0 Å². The van der Waals surface area contributed by atoms with Crippen molar-refractivity contribution in [2.24, 2.45) is 5.14 Å². The molecule has 1 aromatic heterocycles. The molecule has 0 aliphatic carbocycles. The van der Waals surface area contributed by atoms with Crippen LogP contribution in [0.25, 0.3) is 5.69 Å². The number of nitrogens with two attached hydrogens (primary N) is 1. The number of nitrogens with one attached hydrogen (secondary N) is 1. The van der Waals surface area contributed by atoms with Crippen molar-refractivity contribution in [3.8, 4) is 5.69 Å². The molecule has 1 heterocycles. The smallest absolute Gasteiger partial charge is 0.256 e. The van der Waals surface area contributed by atoms with Crippen LogP contribution in [-0.2, 0) is 21.2 Å². The highest BCUT2D eigenvalue weighted by Crippen LogP contribution is 2.23. The molecule has 0 fully saturated rings. The minimum Gasteiger partial charge on any atom is -0.326 e. The van der Waals surface area contributed by atoms with Crippen molar-refractivity contribution in [2.45, 2.75) is 11.3 Å². The Labute approximate surface area is 176 Å². The largest absolute Gasteiger partial charge is 0.326 e. The summed E-state index contributed by atoms with van der Waals surface area (Å²) >= 11 is 11.8. The van der Waals surface area contributed by atoms with Gasteiger partial charge in [0, 0.05) is 28.0 Å². The van der Waals surface area contributed by atoms with Gasteiger partial charge in [0.05, 0.1) is 12.1 Å². The number of carbonyl (C=O) groups is 1. The molecule has 10 heteroatoms. The molecule has 0 atom stereocenters. The molecular weight excluding hydrogens is 437 g/mol. The first-order chi connectivity index (χ1) is 13.6. The second kappa shape index (κ2) is 8.38. The van der Waals surface area contributed by atoms with Crippen molar-refractivity contribution >= 4 is 44.8 Å². The minimum absolute atomic E-state index is 0.00275. The van der Waals surface area contributed by atoms with Gasteiger partial charge in [0.1, 0.15) is 4.90 Å². The van der Waals surface area contributed by atoms with E-state index >= 15 is 0 Å². The van der Waals surface area contributed by atoms with Gasteiger partial charge in [-0.3, -0.25) is 14.2 Å². The van der Waals surface area contributed by atoms with Crippen LogP contribution < -0.4 is 16.0 Å². The number of sulfonamides is 1. The van der Waals surface area contributed by atoms with Gasteiger partial charge in [0.2, 0.25) is 15.9 Å². The number of benzene rings is 2. The lowest BCUT2D eigenvalue weighted by Crippen LogP contribution is -2.22. The second-order valence-corrected chi connectivity index (χ2v) is 8.47. The molecule has 1 amide bonds. The Kier molecular flexibility index (Phi) is 6.09. The molecular formula is C19H15Cl2N3O4S. The van der Waals surface area contributed by atoms with Gasteiger partial charge < -0.3 is 5.32 Å². The summed E-state index contributed by atoms with van der Waals surface area (Å²) in [5.74, 6) is -0.394. The van der Waals surface area contributed by atoms with Crippen LogP contribution in [0.5, 0.6) is 0 Å². The minimum atomic E-state index is -4.20. The van der Waals surface area contributed by atoms with Gasteiger partial charge in [0.25, 0.3) is 5.56 Å². The Morgan fingerprint density at radius 1 is 1.07 bits per heavy atom. The molecule has 150 valence electrons. The van der Waals surface area contributed by atoms with Gasteiger partial charge >= 0.3 is 0 Å². The number of anilines is 1. The predicted octanol–water partition coefficient (Wildman–Crippen LogP) is 2.97. The van der Waals surface area contributed by atoms with Crippen LogP contribution in [0, 0.1) is 0 Å². The summed E-state index contributed by atoms with van der Waals surface area (Å²) in [4.78, 5) is 24.2. The standard InChI is InChI=1S/C19H15Cl2N3O4S/c20-13-7-8-24(19(26)10-13)16-6-5-14(11-17(16)29(22,27)28)23-18(25)9-12-3-1-2-4-15(12)21/h1-8,10-11H,9H2,(H,23,25)(H2,22,27,28). The van der Waals surface area contributed by atoms with E-state index in [1.165, 1.54) is 30.5 Å². The third-order valence-electron chi connectivity index (χ3n) is 4.00. The van der Waals surface area contributed by atoms with Crippen LogP contribution in [0.2, 0.25) is 10.0 Å². The SMILES string of the molecule is NS(=O)(=O)c1cc(NC(=O)Cc2ccccc2Cl)ccc1-n1ccc(Cl)cc1=O. The molecule has 0 spiro atoms. The highest BCUT2D eigenvalue weighted by Gasteiger charge is 2.18. The highest BCUT2D eigenvalue weighted by atomic mass is 35.5. The number of halogens is 2. The molecule has 0 saturated heterocycles. The van der Waals surface area contributed by atoms with Gasteiger partial charge in [-0.2, -0.15) is 0 Å². The van der Waals surface area contributed by atoms with Gasteiger partial charge in [-0.15, -0.1) is 0 Å². The van der Waals surface area contributed by atoms with Crippen LogP contribution in [0.15, 0.2) is 70.5 Å². The number of rotatable bonds is 5. The summed E-state index contributed by atoms with van der Waals surface area (Å²) in [6.07, 6.45) is 1.34. The van der Waals surface area contributed by atoms with Crippen molar-refractivity contribution in [2.75, 3.05) is 5.32 Å². The van der Waals surface area contributed by atoms with Crippen molar-refractivity contribution in [3.63, 3.8) is 0 Å². The molecule has 3 N–H and O–H groups in total. The first-order valence-electron chi connectivity index (χ1n) is 8.24. The predicted molar refractivity (Wildman–Crippen MR) is 112 cm³/mol. The Morgan fingerprint density at radius 2 is 1.79 bits per heavy atom. The fraction of sp³-hybridized carbons (Fsp3) is 0.0526. The number of amides is 1. The number of aromatic nitrogens is 1. The zero-order chi connectivity index (χ0) is 21.2. The van der Waals surface area contributed by atoms with E-state index in [0.29, 0.717) is 10.6 Å². The van der Waals surface area contributed by atoms with E-state index in [-0.39, 0.29) is 27.7 Å². The summed E-state index contributed by atoms with van der Waals surface area (Å²) in [7, 11) is -4.20. The van der Waals surface area contributed by atoms with Crippen LogP contribution in [0.3, 0.4) is 0 Å². The quantitative estimate of drug-likeness (QED) is 0.620. The molecule has 3 aromatic rings. The Morgan fingerprint density at radius 3 is 2.45 bits per heavy atom. The Balaban J connectivity index is 1.95. The normalized spacial score (nSPS) is 11.3.